The van der Waals surface area contributed by atoms with E-state index in [4.69, 9.17) is 18.6 Å². The average molecular weight is 530 g/mol. The summed E-state index contributed by atoms with van der Waals surface area (Å²) >= 11 is 0. The summed E-state index contributed by atoms with van der Waals surface area (Å²) in [7, 11) is 0. The van der Waals surface area contributed by atoms with Crippen LogP contribution in [0.25, 0.3) is 50.0 Å². The molecule has 0 aliphatic carbocycles. The van der Waals surface area contributed by atoms with Crippen LogP contribution >= 0.6 is 0 Å². The van der Waals surface area contributed by atoms with E-state index in [1.807, 2.05) is 65.6 Å². The number of nitrogens with zero attached hydrogens (tertiary/aromatic N) is 3. The van der Waals surface area contributed by atoms with Gasteiger partial charge in [-0.2, -0.15) is 5.10 Å². The monoisotopic (exact) mass is 529 g/mol. The highest BCUT2D eigenvalue weighted by Gasteiger charge is 2.26. The van der Waals surface area contributed by atoms with E-state index in [1.165, 1.54) is 11.1 Å². The Morgan fingerprint density at radius 1 is 0.750 bits per heavy atom. The molecular formula is C34H31N3O3. The lowest BCUT2D eigenvalue weighted by atomic mass is 9.87. The topological polar surface area (TPSA) is 66.2 Å². The molecule has 7 aromatic rings. The van der Waals surface area contributed by atoms with Crippen molar-refractivity contribution in [2.24, 2.45) is 0 Å². The number of benzene rings is 3. The zero-order valence-corrected chi connectivity index (χ0v) is 23.6. The van der Waals surface area contributed by atoms with E-state index in [2.05, 4.69) is 65.0 Å². The fourth-order valence-electron chi connectivity index (χ4n) is 5.18. The van der Waals surface area contributed by atoms with Gasteiger partial charge in [-0.3, -0.25) is 4.98 Å². The van der Waals surface area contributed by atoms with Gasteiger partial charge in [0.1, 0.15) is 22.5 Å². The molecule has 0 amide bonds. The van der Waals surface area contributed by atoms with Gasteiger partial charge in [0.2, 0.25) is 0 Å². The van der Waals surface area contributed by atoms with Crippen LogP contribution in [0.5, 0.6) is 11.5 Å². The summed E-state index contributed by atoms with van der Waals surface area (Å²) in [6.45, 7) is 13.1. The first-order valence-corrected chi connectivity index (χ1v) is 13.6. The SMILES string of the molecule is CC(C)(C)c1ccnc(-c2cc(Oc3cccc(-n4cc(C(C)(C)C)cn4)c3)c3oc4cccc5oc2c3c45)c1. The van der Waals surface area contributed by atoms with Crippen molar-refractivity contribution >= 4 is 33.1 Å². The van der Waals surface area contributed by atoms with Gasteiger partial charge in [-0.05, 0) is 64.4 Å². The van der Waals surface area contributed by atoms with Gasteiger partial charge in [0.15, 0.2) is 11.3 Å². The molecule has 3 aromatic carbocycles. The van der Waals surface area contributed by atoms with E-state index in [0.717, 1.165) is 44.5 Å². The minimum Gasteiger partial charge on any atom is -0.455 e. The van der Waals surface area contributed by atoms with Crippen molar-refractivity contribution in [3.63, 3.8) is 0 Å². The average Bonchev–Trinajstić information content (AvgIpc) is 3.65. The molecule has 0 atom stereocenters. The van der Waals surface area contributed by atoms with Crippen LogP contribution in [0.2, 0.25) is 0 Å². The van der Waals surface area contributed by atoms with Crippen LogP contribution in [0.4, 0.5) is 0 Å². The summed E-state index contributed by atoms with van der Waals surface area (Å²) in [5.41, 5.74) is 7.94. The molecule has 4 heterocycles. The molecule has 40 heavy (non-hydrogen) atoms. The molecule has 0 N–H and O–H groups in total. The minimum atomic E-state index is -0.0199. The zero-order chi connectivity index (χ0) is 27.8. The van der Waals surface area contributed by atoms with Crippen LogP contribution in [0.15, 0.2) is 88.1 Å². The smallest absolute Gasteiger partial charge is 0.181 e. The summed E-state index contributed by atoms with van der Waals surface area (Å²) in [4.78, 5) is 4.75. The molecule has 0 saturated heterocycles. The lowest BCUT2D eigenvalue weighted by Crippen LogP contribution is -2.11. The molecule has 4 aromatic heterocycles. The standard InChI is InChI=1S/C34H31N3O3/c1-33(2,3)20-13-14-35-25(15-20)24-17-28(32-30-29-26(39-31(24)30)11-8-12-27(29)40-32)38-23-10-7-9-22(16-23)37-19-21(18-36-37)34(4,5)6/h7-19H,1-6H3. The van der Waals surface area contributed by atoms with Gasteiger partial charge in [0.25, 0.3) is 0 Å². The van der Waals surface area contributed by atoms with Crippen molar-refractivity contribution in [3.8, 4) is 28.4 Å². The minimum absolute atomic E-state index is 0.0168. The van der Waals surface area contributed by atoms with Gasteiger partial charge in [-0.25, -0.2) is 4.68 Å². The Hall–Kier alpha value is -4.58. The number of aromatic nitrogens is 3. The van der Waals surface area contributed by atoms with Crippen molar-refractivity contribution in [2.75, 3.05) is 0 Å². The lowest BCUT2D eigenvalue weighted by molar-refractivity contribution is 0.476. The Bertz CT molecular complexity index is 2010. The van der Waals surface area contributed by atoms with Crippen LogP contribution in [-0.4, -0.2) is 14.8 Å². The summed E-state index contributed by atoms with van der Waals surface area (Å²) in [6.07, 6.45) is 5.85. The fourth-order valence-corrected chi connectivity index (χ4v) is 5.18. The number of furan rings is 2. The van der Waals surface area contributed by atoms with E-state index in [-0.39, 0.29) is 10.8 Å². The van der Waals surface area contributed by atoms with E-state index >= 15 is 0 Å². The molecular weight excluding hydrogens is 498 g/mol. The third-order valence-corrected chi connectivity index (χ3v) is 7.52. The van der Waals surface area contributed by atoms with Gasteiger partial charge >= 0.3 is 0 Å². The highest BCUT2D eigenvalue weighted by molar-refractivity contribution is 6.24. The van der Waals surface area contributed by atoms with Crippen molar-refractivity contribution < 1.29 is 13.6 Å². The Morgan fingerprint density at radius 2 is 1.48 bits per heavy atom. The lowest BCUT2D eigenvalue weighted by Gasteiger charge is -2.19. The van der Waals surface area contributed by atoms with Gasteiger partial charge in [-0.1, -0.05) is 53.7 Å². The summed E-state index contributed by atoms with van der Waals surface area (Å²) in [5, 5.41) is 6.48. The molecule has 0 aliphatic rings. The van der Waals surface area contributed by atoms with E-state index in [0.29, 0.717) is 17.1 Å². The van der Waals surface area contributed by atoms with E-state index < -0.39 is 0 Å². The normalized spacial score (nSPS) is 12.8. The van der Waals surface area contributed by atoms with Crippen molar-refractivity contribution in [3.05, 3.63) is 90.4 Å². The summed E-state index contributed by atoms with van der Waals surface area (Å²) < 4.78 is 21.2. The molecule has 0 unspecified atom stereocenters. The molecule has 0 saturated carbocycles. The predicted octanol–water partition coefficient (Wildman–Crippen LogP) is 9.40. The highest BCUT2D eigenvalue weighted by atomic mass is 16.5. The molecule has 6 nitrogen and oxygen atoms in total. The van der Waals surface area contributed by atoms with Crippen LogP contribution < -0.4 is 4.74 Å². The first-order valence-electron chi connectivity index (χ1n) is 13.6. The molecule has 0 bridgehead atoms. The highest BCUT2D eigenvalue weighted by Crippen LogP contribution is 2.48. The Labute approximate surface area is 232 Å². The molecule has 0 spiro atoms. The Morgan fingerprint density at radius 3 is 2.20 bits per heavy atom. The second-order valence-electron chi connectivity index (χ2n) is 12.5. The van der Waals surface area contributed by atoms with Gasteiger partial charge < -0.3 is 13.6 Å². The number of hydrogen-bond acceptors (Lipinski definition) is 5. The maximum absolute atomic E-state index is 6.58. The molecule has 0 aliphatic heterocycles. The Balaban J connectivity index is 1.38. The molecule has 0 radical (unpaired) electrons. The van der Waals surface area contributed by atoms with E-state index in [1.54, 1.807) is 0 Å². The molecule has 200 valence electrons. The van der Waals surface area contributed by atoms with Crippen molar-refractivity contribution in [1.29, 1.82) is 0 Å². The second-order valence-corrected chi connectivity index (χ2v) is 12.5. The predicted molar refractivity (Wildman–Crippen MR) is 159 cm³/mol. The third kappa shape index (κ3) is 3.94. The summed E-state index contributed by atoms with van der Waals surface area (Å²) in [6, 6.07) is 20.0. The number of hydrogen-bond donors (Lipinski definition) is 0. The quantitative estimate of drug-likeness (QED) is 0.227. The molecule has 7 rings (SSSR count). The maximum atomic E-state index is 6.58. The second kappa shape index (κ2) is 8.46. The number of rotatable bonds is 4. The largest absolute Gasteiger partial charge is 0.455 e. The van der Waals surface area contributed by atoms with Gasteiger partial charge in [-0.15, -0.1) is 0 Å². The Kier molecular flexibility index (Phi) is 5.17. The van der Waals surface area contributed by atoms with Crippen LogP contribution in [-0.2, 0) is 10.8 Å². The van der Waals surface area contributed by atoms with Gasteiger partial charge in [0.05, 0.1) is 28.4 Å². The molecule has 6 heteroatoms. The maximum Gasteiger partial charge on any atom is 0.181 e. The fraction of sp³-hybridized carbons (Fsp3) is 0.235. The van der Waals surface area contributed by atoms with Crippen molar-refractivity contribution in [1.82, 2.24) is 14.8 Å². The van der Waals surface area contributed by atoms with Gasteiger partial charge in [0, 0.05) is 24.0 Å². The van der Waals surface area contributed by atoms with E-state index in [9.17, 15) is 0 Å². The first kappa shape index (κ1) is 24.5. The summed E-state index contributed by atoms with van der Waals surface area (Å²) in [5.74, 6) is 1.29. The zero-order valence-electron chi connectivity index (χ0n) is 23.6. The number of pyridine rings is 1. The molecule has 0 fully saturated rings. The van der Waals surface area contributed by atoms with Crippen LogP contribution in [0, 0.1) is 0 Å². The van der Waals surface area contributed by atoms with Crippen LogP contribution in [0.1, 0.15) is 52.7 Å². The van der Waals surface area contributed by atoms with Crippen LogP contribution in [0.3, 0.4) is 0 Å². The number of ether oxygens (including phenoxy) is 1. The first-order chi connectivity index (χ1) is 19.1. The third-order valence-electron chi connectivity index (χ3n) is 7.52. The van der Waals surface area contributed by atoms with Crippen molar-refractivity contribution in [2.45, 2.75) is 52.4 Å².